The summed E-state index contributed by atoms with van der Waals surface area (Å²) in [6.45, 7) is 7.43. The van der Waals surface area contributed by atoms with Crippen LogP contribution in [0, 0.1) is 0 Å². The Morgan fingerprint density at radius 1 is 1.83 bits per heavy atom. The number of aliphatic hydroxyl groups is 1. The summed E-state index contributed by atoms with van der Waals surface area (Å²) in [7, 11) is 0. The molecule has 1 heterocycles. The lowest BCUT2D eigenvalue weighted by Gasteiger charge is -2.24. The number of carbonyl (C=O) groups excluding carboxylic acids is 1. The van der Waals surface area contributed by atoms with Crippen molar-refractivity contribution in [3.05, 3.63) is 12.7 Å². The molecule has 4 heteroatoms. The lowest BCUT2D eigenvalue weighted by Crippen LogP contribution is -2.44. The highest BCUT2D eigenvalue weighted by molar-refractivity contribution is 5.78. The summed E-state index contributed by atoms with van der Waals surface area (Å²) in [6, 6.07) is -0.243. The second-order valence-corrected chi connectivity index (χ2v) is 3.47. The Morgan fingerprint density at radius 2 is 2.42 bits per heavy atom. The Balaban J connectivity index is 2.77. The summed E-state index contributed by atoms with van der Waals surface area (Å²) < 4.78 is 0. The van der Waals surface area contributed by atoms with Gasteiger partial charge in [-0.05, 0) is 13.8 Å². The number of nitrogens with zero attached hydrogens (tertiary/aromatic N) is 1. The third-order valence-corrected chi connectivity index (χ3v) is 1.96. The Hall–Kier alpha value is -1.03. The van der Waals surface area contributed by atoms with Crippen LogP contribution in [0.2, 0.25) is 0 Å². The molecule has 0 aromatic rings. The van der Waals surface area contributed by atoms with Crippen molar-refractivity contribution in [3.63, 3.8) is 0 Å². The van der Waals surface area contributed by atoms with Crippen LogP contribution in [-0.2, 0) is 0 Å². The Bertz CT molecular complexity index is 213. The van der Waals surface area contributed by atoms with Crippen molar-refractivity contribution in [2.75, 3.05) is 6.54 Å². The number of hydrogen-bond acceptors (Lipinski definition) is 2. The van der Waals surface area contributed by atoms with Crippen molar-refractivity contribution in [1.29, 1.82) is 0 Å². The molecule has 12 heavy (non-hydrogen) atoms. The molecule has 1 fully saturated rings. The number of rotatable bonds is 2. The lowest BCUT2D eigenvalue weighted by molar-refractivity contribution is 0.0204. The van der Waals surface area contributed by atoms with Gasteiger partial charge in [-0.1, -0.05) is 6.08 Å². The van der Waals surface area contributed by atoms with Gasteiger partial charge in [0.05, 0.1) is 5.54 Å². The average Bonchev–Trinajstić information content (AvgIpc) is 2.13. The molecule has 0 aromatic carbocycles. The smallest absolute Gasteiger partial charge is 0.320 e. The van der Waals surface area contributed by atoms with Gasteiger partial charge >= 0.3 is 6.03 Å². The summed E-state index contributed by atoms with van der Waals surface area (Å²) >= 11 is 0. The van der Waals surface area contributed by atoms with Crippen molar-refractivity contribution in [3.8, 4) is 0 Å². The second-order valence-electron chi connectivity index (χ2n) is 3.47. The molecule has 0 saturated carbocycles. The molecule has 1 aliphatic rings. The van der Waals surface area contributed by atoms with Gasteiger partial charge in [0.2, 0.25) is 0 Å². The normalized spacial score (nSPS) is 27.1. The molecule has 1 atom stereocenters. The largest absolute Gasteiger partial charge is 0.371 e. The van der Waals surface area contributed by atoms with E-state index in [2.05, 4.69) is 11.9 Å². The van der Waals surface area contributed by atoms with Gasteiger partial charge in [-0.3, -0.25) is 4.90 Å². The van der Waals surface area contributed by atoms with E-state index < -0.39 is 11.8 Å². The van der Waals surface area contributed by atoms with Crippen molar-refractivity contribution in [1.82, 2.24) is 10.2 Å². The molecule has 0 bridgehead atoms. The second kappa shape index (κ2) is 2.79. The maximum atomic E-state index is 11.2. The van der Waals surface area contributed by atoms with E-state index in [-0.39, 0.29) is 6.03 Å². The molecule has 2 amide bonds. The van der Waals surface area contributed by atoms with E-state index in [1.54, 1.807) is 19.9 Å². The van der Waals surface area contributed by atoms with Crippen LogP contribution in [0.15, 0.2) is 12.7 Å². The first kappa shape index (κ1) is 9.06. The van der Waals surface area contributed by atoms with Gasteiger partial charge in [0.15, 0.2) is 6.23 Å². The first-order valence-electron chi connectivity index (χ1n) is 3.87. The minimum atomic E-state index is -0.775. The van der Waals surface area contributed by atoms with Crippen molar-refractivity contribution in [2.45, 2.75) is 25.6 Å². The SMILES string of the molecule is C=CCN1C(=O)NC(C)(C)[C@@H]1O. The predicted octanol–water partition coefficient (Wildman–Crippen LogP) is 0.295. The van der Waals surface area contributed by atoms with Gasteiger partial charge in [0.1, 0.15) is 0 Å². The standard InChI is InChI=1S/C8H14N2O2/c1-4-5-10-6(11)8(2,3)9-7(10)12/h4,6,11H,1,5H2,2-3H3,(H,9,12)/t6-/m0/s1. The predicted molar refractivity (Wildman–Crippen MR) is 45.5 cm³/mol. The van der Waals surface area contributed by atoms with E-state index in [9.17, 15) is 9.90 Å². The fourth-order valence-corrected chi connectivity index (χ4v) is 1.23. The fourth-order valence-electron chi connectivity index (χ4n) is 1.23. The monoisotopic (exact) mass is 170 g/mol. The average molecular weight is 170 g/mol. The van der Waals surface area contributed by atoms with Crippen LogP contribution < -0.4 is 5.32 Å². The summed E-state index contributed by atoms with van der Waals surface area (Å²) in [5, 5.41) is 12.3. The van der Waals surface area contributed by atoms with Crippen molar-refractivity contribution in [2.24, 2.45) is 0 Å². The molecule has 0 radical (unpaired) electrons. The lowest BCUT2D eigenvalue weighted by atomic mass is 10.1. The summed E-state index contributed by atoms with van der Waals surface area (Å²) in [6.07, 6.45) is 0.812. The summed E-state index contributed by atoms with van der Waals surface area (Å²) in [4.78, 5) is 12.5. The van der Waals surface area contributed by atoms with Gasteiger partial charge < -0.3 is 10.4 Å². The van der Waals surface area contributed by atoms with E-state index in [1.165, 1.54) is 4.90 Å². The van der Waals surface area contributed by atoms with Gasteiger partial charge in [0.25, 0.3) is 0 Å². The molecule has 0 aromatic heterocycles. The van der Waals surface area contributed by atoms with Crippen LogP contribution in [0.3, 0.4) is 0 Å². The molecular formula is C8H14N2O2. The highest BCUT2D eigenvalue weighted by atomic mass is 16.3. The van der Waals surface area contributed by atoms with Crippen LogP contribution in [0.1, 0.15) is 13.8 Å². The molecule has 2 N–H and O–H groups in total. The maximum absolute atomic E-state index is 11.2. The Morgan fingerprint density at radius 3 is 2.75 bits per heavy atom. The van der Waals surface area contributed by atoms with Gasteiger partial charge in [-0.25, -0.2) is 4.79 Å². The number of aliphatic hydroxyl groups excluding tert-OH is 1. The van der Waals surface area contributed by atoms with Crippen LogP contribution in [-0.4, -0.2) is 34.3 Å². The number of carbonyl (C=O) groups is 1. The van der Waals surface area contributed by atoms with E-state index in [0.717, 1.165) is 0 Å². The van der Waals surface area contributed by atoms with Crippen molar-refractivity contribution < 1.29 is 9.90 Å². The van der Waals surface area contributed by atoms with Crippen LogP contribution in [0.25, 0.3) is 0 Å². The van der Waals surface area contributed by atoms with E-state index in [4.69, 9.17) is 0 Å². The van der Waals surface area contributed by atoms with E-state index >= 15 is 0 Å². The summed E-state index contributed by atoms with van der Waals surface area (Å²) in [5.41, 5.74) is -0.569. The van der Waals surface area contributed by atoms with E-state index in [1.807, 2.05) is 0 Å². The molecule has 0 aliphatic carbocycles. The maximum Gasteiger partial charge on any atom is 0.320 e. The molecule has 1 rings (SSSR count). The highest BCUT2D eigenvalue weighted by Gasteiger charge is 2.43. The van der Waals surface area contributed by atoms with Crippen LogP contribution in [0.4, 0.5) is 4.79 Å². The third-order valence-electron chi connectivity index (χ3n) is 1.96. The highest BCUT2D eigenvalue weighted by Crippen LogP contribution is 2.20. The third kappa shape index (κ3) is 1.30. The molecular weight excluding hydrogens is 156 g/mol. The Labute approximate surface area is 71.9 Å². The summed E-state index contributed by atoms with van der Waals surface area (Å²) in [5.74, 6) is 0. The quantitative estimate of drug-likeness (QED) is 0.585. The minimum absolute atomic E-state index is 0.243. The zero-order valence-electron chi connectivity index (χ0n) is 7.37. The van der Waals surface area contributed by atoms with Crippen LogP contribution in [0.5, 0.6) is 0 Å². The topological polar surface area (TPSA) is 52.6 Å². The van der Waals surface area contributed by atoms with Gasteiger partial charge in [-0.15, -0.1) is 6.58 Å². The zero-order valence-corrected chi connectivity index (χ0v) is 7.37. The molecule has 4 nitrogen and oxygen atoms in total. The zero-order chi connectivity index (χ0) is 9.35. The molecule has 68 valence electrons. The van der Waals surface area contributed by atoms with Crippen LogP contribution >= 0.6 is 0 Å². The number of urea groups is 1. The molecule has 0 spiro atoms. The molecule has 1 saturated heterocycles. The first-order valence-corrected chi connectivity index (χ1v) is 3.87. The van der Waals surface area contributed by atoms with Crippen molar-refractivity contribution >= 4 is 6.03 Å². The fraction of sp³-hybridized carbons (Fsp3) is 0.625. The van der Waals surface area contributed by atoms with Gasteiger partial charge in [0, 0.05) is 6.54 Å². The number of hydrogen-bond donors (Lipinski definition) is 2. The minimum Gasteiger partial charge on any atom is -0.371 e. The Kier molecular flexibility index (Phi) is 2.10. The van der Waals surface area contributed by atoms with E-state index in [0.29, 0.717) is 6.54 Å². The first-order chi connectivity index (χ1) is 5.49. The number of nitrogens with one attached hydrogen (secondary N) is 1. The number of amides is 2. The molecule has 1 aliphatic heterocycles. The van der Waals surface area contributed by atoms with Gasteiger partial charge in [-0.2, -0.15) is 0 Å². The molecule has 0 unspecified atom stereocenters.